The molecule has 0 atom stereocenters. The molecule has 3 aromatic rings. The molecule has 3 aromatic carbocycles. The first kappa shape index (κ1) is 19.0. The first-order valence-electron chi connectivity index (χ1n) is 8.31. The molecule has 140 valence electrons. The van der Waals surface area contributed by atoms with Crippen LogP contribution < -0.4 is 0 Å². The fourth-order valence-corrected chi connectivity index (χ4v) is 3.61. The van der Waals surface area contributed by atoms with Crippen LogP contribution in [0.2, 0.25) is 0 Å². The monoisotopic (exact) mass is 384 g/mol. The molecule has 0 saturated carbocycles. The van der Waals surface area contributed by atoms with Crippen molar-refractivity contribution < 1.29 is 18.1 Å². The molecule has 0 radical (unpaired) electrons. The topological polar surface area (TPSA) is 99.3 Å². The van der Waals surface area contributed by atoms with Crippen molar-refractivity contribution >= 4 is 32.3 Å². The lowest BCUT2D eigenvalue weighted by Crippen LogP contribution is -2.00. The molecule has 27 heavy (non-hydrogen) atoms. The maximum absolute atomic E-state index is 11.7. The second-order valence-corrected chi connectivity index (χ2v) is 8.08. The number of aryl methyl sites for hydroxylation is 4. The minimum absolute atomic E-state index is 0.0170. The van der Waals surface area contributed by atoms with Crippen molar-refractivity contribution in [2.45, 2.75) is 32.6 Å². The normalized spacial score (nSPS) is 12.2. The number of phenolic OH excluding ortho intramolecular Hbond substituents is 1. The Morgan fingerprint density at radius 2 is 1.52 bits per heavy atom. The predicted octanol–water partition coefficient (Wildman–Crippen LogP) is 5.44. The van der Waals surface area contributed by atoms with Gasteiger partial charge in [-0.15, -0.1) is 10.2 Å². The van der Waals surface area contributed by atoms with Crippen LogP contribution in [0.3, 0.4) is 0 Å². The Hall–Kier alpha value is -2.77. The van der Waals surface area contributed by atoms with E-state index in [0.717, 1.165) is 16.5 Å². The maximum Gasteiger partial charge on any atom is 0.296 e. The molecule has 0 bridgehead atoms. The van der Waals surface area contributed by atoms with Crippen molar-refractivity contribution in [3.8, 4) is 5.75 Å². The Bertz CT molecular complexity index is 1200. The summed E-state index contributed by atoms with van der Waals surface area (Å²) in [7, 11) is -4.45. The van der Waals surface area contributed by atoms with Crippen LogP contribution in [0.15, 0.2) is 51.5 Å². The predicted molar refractivity (Wildman–Crippen MR) is 105 cm³/mol. The second kappa shape index (κ2) is 6.75. The highest BCUT2D eigenvalue weighted by Crippen LogP contribution is 2.39. The van der Waals surface area contributed by atoms with E-state index in [2.05, 4.69) is 10.2 Å². The van der Waals surface area contributed by atoms with Gasteiger partial charge in [0, 0.05) is 5.39 Å². The van der Waals surface area contributed by atoms with Gasteiger partial charge in [0.2, 0.25) is 0 Å². The lowest BCUT2D eigenvalue weighted by atomic mass is 10.0. The highest BCUT2D eigenvalue weighted by atomic mass is 32.2. The van der Waals surface area contributed by atoms with E-state index in [9.17, 15) is 18.1 Å². The molecule has 0 heterocycles. The van der Waals surface area contributed by atoms with Gasteiger partial charge in [0.05, 0.1) is 0 Å². The summed E-state index contributed by atoms with van der Waals surface area (Å²) in [4.78, 5) is -0.317. The first-order chi connectivity index (χ1) is 12.6. The number of benzene rings is 3. The van der Waals surface area contributed by atoms with Crippen LogP contribution in [0.5, 0.6) is 5.75 Å². The summed E-state index contributed by atoms with van der Waals surface area (Å²) in [6.45, 7) is 7.31. The van der Waals surface area contributed by atoms with Crippen molar-refractivity contribution in [3.63, 3.8) is 0 Å². The number of rotatable bonds is 3. The van der Waals surface area contributed by atoms with Crippen LogP contribution in [-0.2, 0) is 10.1 Å². The smallest absolute Gasteiger partial charge is 0.296 e. The van der Waals surface area contributed by atoms with Gasteiger partial charge in [-0.3, -0.25) is 4.55 Å². The average Bonchev–Trinajstić information content (AvgIpc) is 2.56. The van der Waals surface area contributed by atoms with E-state index in [-0.39, 0.29) is 22.0 Å². The average molecular weight is 384 g/mol. The molecular formula is C20H20N2O4S. The Balaban J connectivity index is 2.18. The third kappa shape index (κ3) is 3.70. The minimum atomic E-state index is -4.45. The molecule has 0 unspecified atom stereocenters. The second-order valence-electron chi connectivity index (χ2n) is 6.69. The van der Waals surface area contributed by atoms with Crippen molar-refractivity contribution in [2.75, 3.05) is 0 Å². The Morgan fingerprint density at radius 1 is 0.852 bits per heavy atom. The van der Waals surface area contributed by atoms with Gasteiger partial charge in [0.15, 0.2) is 5.75 Å². The Labute approximate surface area is 157 Å². The van der Waals surface area contributed by atoms with Crippen molar-refractivity contribution in [2.24, 2.45) is 10.2 Å². The molecule has 0 spiro atoms. The zero-order valence-corrected chi connectivity index (χ0v) is 16.3. The van der Waals surface area contributed by atoms with E-state index in [1.54, 1.807) is 26.0 Å². The zero-order valence-electron chi connectivity index (χ0n) is 15.5. The van der Waals surface area contributed by atoms with E-state index in [1.807, 2.05) is 32.0 Å². The van der Waals surface area contributed by atoms with Gasteiger partial charge >= 0.3 is 0 Å². The zero-order chi connectivity index (χ0) is 19.9. The third-order valence-corrected chi connectivity index (χ3v) is 5.43. The number of phenols is 1. The highest BCUT2D eigenvalue weighted by molar-refractivity contribution is 7.86. The summed E-state index contributed by atoms with van der Waals surface area (Å²) < 4.78 is 32.8. The minimum Gasteiger partial charge on any atom is -0.505 e. The summed E-state index contributed by atoms with van der Waals surface area (Å²) in [6.07, 6.45) is 0. The number of nitrogens with zero attached hydrogens (tertiary/aromatic N) is 2. The molecule has 6 nitrogen and oxygen atoms in total. The molecule has 0 fully saturated rings. The standard InChI is InChI=1S/C20H20N2O4S/c1-11-5-6-16-15(7-11)8-14(4)19(20(16)23)22-21-17-9-12(2)13(3)10-18(17)27(24,25)26/h5-10,23H,1-4H3,(H,24,25,26). The summed E-state index contributed by atoms with van der Waals surface area (Å²) in [5, 5.41) is 20.2. The SMILES string of the molecule is Cc1ccc2c(O)c(N=Nc3cc(C)c(C)cc3S(=O)(=O)O)c(C)cc2c1. The molecular weight excluding hydrogens is 364 g/mol. The highest BCUT2D eigenvalue weighted by Gasteiger charge is 2.18. The van der Waals surface area contributed by atoms with Crippen LogP contribution in [0.25, 0.3) is 10.8 Å². The molecule has 0 aliphatic heterocycles. The summed E-state index contributed by atoms with van der Waals surface area (Å²) in [6, 6.07) is 10.4. The summed E-state index contributed by atoms with van der Waals surface area (Å²) in [5.41, 5.74) is 3.57. The fraction of sp³-hybridized carbons (Fsp3) is 0.200. The molecule has 0 aromatic heterocycles. The molecule has 0 aliphatic rings. The van der Waals surface area contributed by atoms with Crippen molar-refractivity contribution in [1.82, 2.24) is 0 Å². The van der Waals surface area contributed by atoms with Gasteiger partial charge in [0.25, 0.3) is 10.1 Å². The molecule has 0 aliphatic carbocycles. The third-order valence-electron chi connectivity index (χ3n) is 4.54. The van der Waals surface area contributed by atoms with Crippen molar-refractivity contribution in [1.29, 1.82) is 0 Å². The molecule has 0 amide bonds. The molecule has 2 N–H and O–H groups in total. The van der Waals surface area contributed by atoms with Crippen LogP contribution in [0.4, 0.5) is 11.4 Å². The van der Waals surface area contributed by atoms with Gasteiger partial charge < -0.3 is 5.11 Å². The first-order valence-corrected chi connectivity index (χ1v) is 9.75. The van der Waals surface area contributed by atoms with Gasteiger partial charge in [-0.25, -0.2) is 0 Å². The molecule has 0 saturated heterocycles. The number of aromatic hydroxyl groups is 1. The van der Waals surface area contributed by atoms with Gasteiger partial charge in [-0.1, -0.05) is 23.8 Å². The Morgan fingerprint density at radius 3 is 2.19 bits per heavy atom. The number of fused-ring (bicyclic) bond motifs is 1. The number of hydrogen-bond donors (Lipinski definition) is 2. The number of azo groups is 1. The lowest BCUT2D eigenvalue weighted by molar-refractivity contribution is 0.482. The van der Waals surface area contributed by atoms with Gasteiger partial charge in [-0.05, 0) is 68.0 Å². The van der Waals surface area contributed by atoms with E-state index < -0.39 is 10.1 Å². The van der Waals surface area contributed by atoms with E-state index in [0.29, 0.717) is 16.5 Å². The summed E-state index contributed by atoms with van der Waals surface area (Å²) >= 11 is 0. The van der Waals surface area contributed by atoms with E-state index in [4.69, 9.17) is 0 Å². The van der Waals surface area contributed by atoms with Crippen LogP contribution in [0.1, 0.15) is 22.3 Å². The molecule has 7 heteroatoms. The van der Waals surface area contributed by atoms with E-state index in [1.165, 1.54) is 6.07 Å². The summed E-state index contributed by atoms with van der Waals surface area (Å²) in [5.74, 6) is -0.0222. The van der Waals surface area contributed by atoms with Crippen LogP contribution in [0, 0.1) is 27.7 Å². The van der Waals surface area contributed by atoms with E-state index >= 15 is 0 Å². The Kier molecular flexibility index (Phi) is 4.75. The van der Waals surface area contributed by atoms with Crippen LogP contribution in [-0.4, -0.2) is 18.1 Å². The fourth-order valence-electron chi connectivity index (χ4n) is 2.92. The number of hydrogen-bond acceptors (Lipinski definition) is 5. The largest absolute Gasteiger partial charge is 0.505 e. The van der Waals surface area contributed by atoms with Gasteiger partial charge in [-0.2, -0.15) is 8.42 Å². The van der Waals surface area contributed by atoms with Crippen molar-refractivity contribution in [3.05, 3.63) is 58.7 Å². The van der Waals surface area contributed by atoms with Gasteiger partial charge in [0.1, 0.15) is 16.3 Å². The lowest BCUT2D eigenvalue weighted by Gasteiger charge is -2.09. The molecule has 3 rings (SSSR count). The quantitative estimate of drug-likeness (QED) is 0.464. The maximum atomic E-state index is 11.7. The van der Waals surface area contributed by atoms with Crippen LogP contribution >= 0.6 is 0 Å².